The zero-order valence-electron chi connectivity index (χ0n) is 16.9. The number of halogens is 4. The van der Waals surface area contributed by atoms with Crippen LogP contribution in [0.3, 0.4) is 0 Å². The van der Waals surface area contributed by atoms with E-state index in [2.05, 4.69) is 0 Å². The second-order valence-corrected chi connectivity index (χ2v) is 8.26. The van der Waals surface area contributed by atoms with Gasteiger partial charge in [-0.1, -0.05) is 24.3 Å². The summed E-state index contributed by atoms with van der Waals surface area (Å²) in [6.07, 6.45) is -4.34. The molecule has 1 N–H and O–H groups in total. The molecule has 2 aromatic rings. The number of carbonyl (C=O) groups is 1. The summed E-state index contributed by atoms with van der Waals surface area (Å²) in [4.78, 5) is 16.4. The van der Waals surface area contributed by atoms with E-state index in [-0.39, 0.29) is 30.7 Å². The van der Waals surface area contributed by atoms with Gasteiger partial charge in [0.25, 0.3) is 0 Å². The molecule has 0 aliphatic carbocycles. The Balaban J connectivity index is 1.35. The number of benzene rings is 2. The Kier molecular flexibility index (Phi) is 5.92. The SMILES string of the molecule is O=C1C(N2CCC(c3ccc(O)cc3)C(F)C2)CCN1Cc1ccc(C(F)(F)F)cc1. The molecule has 4 nitrogen and oxygen atoms in total. The van der Waals surface area contributed by atoms with Crippen LogP contribution in [0.2, 0.25) is 0 Å². The van der Waals surface area contributed by atoms with Crippen molar-refractivity contribution < 1.29 is 27.5 Å². The van der Waals surface area contributed by atoms with E-state index in [0.717, 1.165) is 17.7 Å². The molecule has 2 saturated heterocycles. The molecule has 2 heterocycles. The molecule has 0 bridgehead atoms. The molecule has 0 radical (unpaired) electrons. The van der Waals surface area contributed by atoms with Crippen LogP contribution in [0.25, 0.3) is 0 Å². The van der Waals surface area contributed by atoms with Gasteiger partial charge < -0.3 is 10.0 Å². The van der Waals surface area contributed by atoms with Crippen molar-refractivity contribution in [1.82, 2.24) is 9.80 Å². The number of carbonyl (C=O) groups excluding carboxylic acids is 1. The molecule has 166 valence electrons. The standard InChI is InChI=1S/C23H24F4N2O2/c24-20-14-28(11-9-19(20)16-3-7-18(30)8-4-16)21-10-12-29(22(21)31)13-15-1-5-17(6-2-15)23(25,26)27/h1-8,19-21,30H,9-14H2. The number of hydrogen-bond acceptors (Lipinski definition) is 3. The van der Waals surface area contributed by atoms with E-state index in [4.69, 9.17) is 0 Å². The zero-order chi connectivity index (χ0) is 22.2. The minimum atomic E-state index is -4.39. The highest BCUT2D eigenvalue weighted by Gasteiger charge is 2.40. The Labute approximate surface area is 178 Å². The van der Waals surface area contributed by atoms with Gasteiger partial charge in [-0.25, -0.2) is 4.39 Å². The molecule has 2 aliphatic rings. The van der Waals surface area contributed by atoms with E-state index in [0.29, 0.717) is 31.5 Å². The average Bonchev–Trinajstić information content (AvgIpc) is 3.09. The number of aromatic hydroxyl groups is 1. The number of amides is 1. The first-order valence-electron chi connectivity index (χ1n) is 10.3. The summed E-state index contributed by atoms with van der Waals surface area (Å²) in [7, 11) is 0. The van der Waals surface area contributed by atoms with Crippen LogP contribution in [0, 0.1) is 0 Å². The Hall–Kier alpha value is -2.61. The molecule has 4 rings (SSSR count). The molecule has 0 aromatic heterocycles. The van der Waals surface area contributed by atoms with Crippen molar-refractivity contribution in [3.8, 4) is 5.75 Å². The fraction of sp³-hybridized carbons (Fsp3) is 0.435. The molecule has 8 heteroatoms. The van der Waals surface area contributed by atoms with E-state index in [1.807, 2.05) is 4.90 Å². The molecule has 0 spiro atoms. The van der Waals surface area contributed by atoms with Crippen LogP contribution in [0.15, 0.2) is 48.5 Å². The summed E-state index contributed by atoms with van der Waals surface area (Å²) < 4.78 is 53.1. The first-order chi connectivity index (χ1) is 14.7. The van der Waals surface area contributed by atoms with Gasteiger partial charge in [0.05, 0.1) is 11.6 Å². The van der Waals surface area contributed by atoms with Crippen molar-refractivity contribution in [3.05, 3.63) is 65.2 Å². The predicted octanol–water partition coefficient (Wildman–Crippen LogP) is 4.34. The van der Waals surface area contributed by atoms with E-state index in [1.54, 1.807) is 29.2 Å². The molecule has 3 atom stereocenters. The highest BCUT2D eigenvalue weighted by Crippen LogP contribution is 2.34. The van der Waals surface area contributed by atoms with Crippen molar-refractivity contribution in [2.75, 3.05) is 19.6 Å². The summed E-state index contributed by atoms with van der Waals surface area (Å²) in [5, 5.41) is 9.42. The normalized spacial score (nSPS) is 25.2. The maximum atomic E-state index is 14.9. The van der Waals surface area contributed by atoms with E-state index in [9.17, 15) is 27.5 Å². The monoisotopic (exact) mass is 436 g/mol. The number of likely N-dealkylation sites (tertiary alicyclic amines) is 2. The second-order valence-electron chi connectivity index (χ2n) is 8.26. The third kappa shape index (κ3) is 4.69. The van der Waals surface area contributed by atoms with Crippen LogP contribution < -0.4 is 0 Å². The topological polar surface area (TPSA) is 43.8 Å². The summed E-state index contributed by atoms with van der Waals surface area (Å²) in [6, 6.07) is 11.0. The van der Waals surface area contributed by atoms with Crippen LogP contribution >= 0.6 is 0 Å². The van der Waals surface area contributed by atoms with Gasteiger partial charge in [-0.2, -0.15) is 13.2 Å². The second kappa shape index (κ2) is 8.49. The highest BCUT2D eigenvalue weighted by molar-refractivity contribution is 5.84. The lowest BCUT2D eigenvalue weighted by Crippen LogP contribution is -2.49. The molecule has 2 aliphatic heterocycles. The van der Waals surface area contributed by atoms with Gasteiger partial charge in [-0.15, -0.1) is 0 Å². The van der Waals surface area contributed by atoms with Crippen LogP contribution in [0.5, 0.6) is 5.75 Å². The van der Waals surface area contributed by atoms with Crippen LogP contribution in [0.1, 0.15) is 35.4 Å². The number of alkyl halides is 4. The van der Waals surface area contributed by atoms with Crippen molar-refractivity contribution in [2.45, 2.75) is 43.7 Å². The van der Waals surface area contributed by atoms with Crippen LogP contribution in [-0.4, -0.2) is 52.7 Å². The van der Waals surface area contributed by atoms with Crippen molar-refractivity contribution in [1.29, 1.82) is 0 Å². The summed E-state index contributed by atoms with van der Waals surface area (Å²) in [5.74, 6) is -0.229. The number of piperidine rings is 1. The fourth-order valence-corrected chi connectivity index (χ4v) is 4.55. The number of rotatable bonds is 4. The zero-order valence-corrected chi connectivity index (χ0v) is 16.9. The molecular weight excluding hydrogens is 412 g/mol. The third-order valence-electron chi connectivity index (χ3n) is 6.26. The van der Waals surface area contributed by atoms with E-state index < -0.39 is 24.0 Å². The smallest absolute Gasteiger partial charge is 0.416 e. The van der Waals surface area contributed by atoms with E-state index >= 15 is 0 Å². The summed E-state index contributed by atoms with van der Waals surface area (Å²) in [5.41, 5.74) is 0.760. The third-order valence-corrected chi connectivity index (χ3v) is 6.26. The first-order valence-corrected chi connectivity index (χ1v) is 10.3. The first kappa shape index (κ1) is 21.6. The van der Waals surface area contributed by atoms with Crippen LogP contribution in [-0.2, 0) is 17.5 Å². The lowest BCUT2D eigenvalue weighted by Gasteiger charge is -2.37. The van der Waals surface area contributed by atoms with Gasteiger partial charge in [0.15, 0.2) is 0 Å². The molecule has 1 amide bonds. The quantitative estimate of drug-likeness (QED) is 0.726. The average molecular weight is 436 g/mol. The maximum absolute atomic E-state index is 14.9. The Morgan fingerprint density at radius 2 is 1.65 bits per heavy atom. The molecule has 2 aromatic carbocycles. The molecule has 31 heavy (non-hydrogen) atoms. The van der Waals surface area contributed by atoms with E-state index in [1.165, 1.54) is 12.1 Å². The number of nitrogens with zero attached hydrogens (tertiary/aromatic N) is 2. The highest BCUT2D eigenvalue weighted by atomic mass is 19.4. The lowest BCUT2D eigenvalue weighted by atomic mass is 9.87. The lowest BCUT2D eigenvalue weighted by molar-refractivity contribution is -0.137. The Morgan fingerprint density at radius 3 is 2.26 bits per heavy atom. The Morgan fingerprint density at radius 1 is 0.968 bits per heavy atom. The molecular formula is C23H24F4N2O2. The van der Waals surface area contributed by atoms with Gasteiger partial charge in [0.1, 0.15) is 11.9 Å². The van der Waals surface area contributed by atoms with Gasteiger partial charge in [-0.3, -0.25) is 9.69 Å². The molecule has 2 fully saturated rings. The van der Waals surface area contributed by atoms with Crippen molar-refractivity contribution >= 4 is 5.91 Å². The van der Waals surface area contributed by atoms with Crippen molar-refractivity contribution in [2.24, 2.45) is 0 Å². The van der Waals surface area contributed by atoms with Crippen molar-refractivity contribution in [3.63, 3.8) is 0 Å². The fourth-order valence-electron chi connectivity index (χ4n) is 4.55. The van der Waals surface area contributed by atoms with Gasteiger partial charge in [0.2, 0.25) is 5.91 Å². The Bertz CT molecular complexity index is 915. The molecule has 0 saturated carbocycles. The minimum absolute atomic E-state index is 0.102. The number of hydrogen-bond donors (Lipinski definition) is 1. The van der Waals surface area contributed by atoms with Crippen LogP contribution in [0.4, 0.5) is 17.6 Å². The van der Waals surface area contributed by atoms with Gasteiger partial charge >= 0.3 is 6.18 Å². The summed E-state index contributed by atoms with van der Waals surface area (Å²) in [6.45, 7) is 1.50. The number of phenolic OH excluding ortho intramolecular Hbond substituents is 1. The minimum Gasteiger partial charge on any atom is -0.508 e. The van der Waals surface area contributed by atoms with Gasteiger partial charge in [0, 0.05) is 25.6 Å². The number of phenols is 1. The molecule has 3 unspecified atom stereocenters. The largest absolute Gasteiger partial charge is 0.508 e. The predicted molar refractivity (Wildman–Crippen MR) is 107 cm³/mol. The van der Waals surface area contributed by atoms with Gasteiger partial charge in [-0.05, 0) is 54.8 Å². The maximum Gasteiger partial charge on any atom is 0.416 e. The summed E-state index contributed by atoms with van der Waals surface area (Å²) >= 11 is 0.